The van der Waals surface area contributed by atoms with Gasteiger partial charge in [-0.25, -0.2) is 0 Å². The molecule has 0 saturated carbocycles. The van der Waals surface area contributed by atoms with Gasteiger partial charge in [0.2, 0.25) is 16.6 Å². The fraction of sp³-hybridized carbons (Fsp3) is 0.900. The molecular weight excluding hydrogens is 356 g/mol. The maximum absolute atomic E-state index is 6.56. The van der Waals surface area contributed by atoms with Crippen LogP contribution in [0.2, 0.25) is 39.3 Å². The highest BCUT2D eigenvalue weighted by Gasteiger charge is 2.25. The van der Waals surface area contributed by atoms with Gasteiger partial charge in [0.25, 0.3) is 0 Å². The molecular formula is C20H46N2O2Si2. The van der Waals surface area contributed by atoms with E-state index in [0.717, 1.165) is 63.6 Å². The van der Waals surface area contributed by atoms with Crippen molar-refractivity contribution in [3.63, 3.8) is 0 Å². The largest absolute Gasteiger partial charge is 0.545 e. The van der Waals surface area contributed by atoms with Crippen LogP contribution < -0.4 is 0 Å². The topological polar surface area (TPSA) is 24.9 Å². The van der Waals surface area contributed by atoms with E-state index >= 15 is 0 Å². The molecule has 26 heavy (non-hydrogen) atoms. The van der Waals surface area contributed by atoms with Gasteiger partial charge in [-0.2, -0.15) is 0 Å². The molecule has 6 heteroatoms. The van der Waals surface area contributed by atoms with Crippen molar-refractivity contribution in [2.24, 2.45) is 0 Å². The van der Waals surface area contributed by atoms with Crippen LogP contribution in [0.3, 0.4) is 0 Å². The molecule has 0 bridgehead atoms. The second-order valence-corrected chi connectivity index (χ2v) is 17.7. The molecule has 0 rings (SSSR count). The van der Waals surface area contributed by atoms with Crippen LogP contribution >= 0.6 is 0 Å². The van der Waals surface area contributed by atoms with E-state index in [4.69, 9.17) is 8.85 Å². The molecule has 0 aromatic heterocycles. The molecule has 0 atom stereocenters. The second kappa shape index (κ2) is 12.2. The van der Waals surface area contributed by atoms with E-state index in [0.29, 0.717) is 0 Å². The van der Waals surface area contributed by atoms with E-state index in [-0.39, 0.29) is 0 Å². The van der Waals surface area contributed by atoms with E-state index in [9.17, 15) is 0 Å². The summed E-state index contributed by atoms with van der Waals surface area (Å²) in [6.45, 7) is 28.9. The van der Waals surface area contributed by atoms with Crippen LogP contribution in [0.25, 0.3) is 0 Å². The van der Waals surface area contributed by atoms with Crippen LogP contribution in [0.15, 0.2) is 11.5 Å². The van der Waals surface area contributed by atoms with Crippen molar-refractivity contribution < 1.29 is 8.85 Å². The molecule has 4 nitrogen and oxygen atoms in total. The van der Waals surface area contributed by atoms with Crippen LogP contribution in [0, 0.1) is 0 Å². The van der Waals surface area contributed by atoms with E-state index in [1.54, 1.807) is 0 Å². The first-order valence-corrected chi connectivity index (χ1v) is 17.3. The van der Waals surface area contributed by atoms with Gasteiger partial charge in [-0.05, 0) is 65.5 Å². The highest BCUT2D eigenvalue weighted by molar-refractivity contribution is 6.70. The van der Waals surface area contributed by atoms with Gasteiger partial charge in [0.1, 0.15) is 11.5 Å². The number of hydrogen-bond donors (Lipinski definition) is 0. The van der Waals surface area contributed by atoms with Crippen molar-refractivity contribution in [3.05, 3.63) is 11.5 Å². The molecule has 0 aromatic carbocycles. The molecule has 0 aliphatic carbocycles. The smallest absolute Gasteiger partial charge is 0.241 e. The van der Waals surface area contributed by atoms with Crippen molar-refractivity contribution >= 4 is 16.6 Å². The van der Waals surface area contributed by atoms with E-state index in [1.165, 1.54) is 0 Å². The van der Waals surface area contributed by atoms with E-state index < -0.39 is 16.6 Å². The lowest BCUT2D eigenvalue weighted by molar-refractivity contribution is 0.251. The zero-order chi connectivity index (χ0) is 20.4. The van der Waals surface area contributed by atoms with Gasteiger partial charge >= 0.3 is 0 Å². The molecule has 0 amide bonds. The van der Waals surface area contributed by atoms with Crippen LogP contribution in [0.5, 0.6) is 0 Å². The monoisotopic (exact) mass is 402 g/mol. The number of hydrogen-bond acceptors (Lipinski definition) is 4. The first kappa shape index (κ1) is 25.7. The summed E-state index contributed by atoms with van der Waals surface area (Å²) < 4.78 is 13.1. The summed E-state index contributed by atoms with van der Waals surface area (Å²) in [5.41, 5.74) is 0. The Balaban J connectivity index is 5.56. The summed E-state index contributed by atoms with van der Waals surface area (Å²) in [6.07, 6.45) is 1.90. The quantitative estimate of drug-likeness (QED) is 0.288. The summed E-state index contributed by atoms with van der Waals surface area (Å²) >= 11 is 0. The fourth-order valence-electron chi connectivity index (χ4n) is 2.83. The van der Waals surface area contributed by atoms with Gasteiger partial charge in [0.15, 0.2) is 0 Å². The summed E-state index contributed by atoms with van der Waals surface area (Å²) in [6, 6.07) is 0. The maximum atomic E-state index is 6.56. The highest BCUT2D eigenvalue weighted by atomic mass is 28.4. The second-order valence-electron chi connectivity index (χ2n) is 8.83. The van der Waals surface area contributed by atoms with Crippen molar-refractivity contribution in [3.8, 4) is 0 Å². The van der Waals surface area contributed by atoms with Crippen molar-refractivity contribution in [2.75, 3.05) is 39.3 Å². The van der Waals surface area contributed by atoms with E-state index in [2.05, 4.69) is 76.8 Å². The molecule has 0 radical (unpaired) electrons. The highest BCUT2D eigenvalue weighted by Crippen LogP contribution is 2.24. The molecule has 0 saturated heterocycles. The lowest BCUT2D eigenvalue weighted by Crippen LogP contribution is -2.32. The SMILES string of the molecule is CCN(CC)CCC(O[Si](C)(C)C)=C(CCN(CC)CC)O[Si](C)(C)C. The standard InChI is InChI=1S/C20H46N2O2Si2/c1-11-21(12-2)17-15-19(23-25(5,6)7)20(24-26(8,9)10)16-18-22(13-3)14-4/h11-18H2,1-10H3. The van der Waals surface area contributed by atoms with Crippen molar-refractivity contribution in [1.29, 1.82) is 0 Å². The Morgan fingerprint density at radius 1 is 0.577 bits per heavy atom. The Hall–Kier alpha value is -0.306. The summed E-state index contributed by atoms with van der Waals surface area (Å²) in [4.78, 5) is 4.92. The Morgan fingerprint density at radius 2 is 0.846 bits per heavy atom. The zero-order valence-corrected chi connectivity index (χ0v) is 21.4. The third-order valence-corrected chi connectivity index (χ3v) is 5.99. The third-order valence-electron chi connectivity index (χ3n) is 4.27. The molecule has 0 unspecified atom stereocenters. The van der Waals surface area contributed by atoms with Gasteiger partial charge in [-0.15, -0.1) is 0 Å². The van der Waals surface area contributed by atoms with Gasteiger partial charge in [-0.1, -0.05) is 27.7 Å². The molecule has 0 spiro atoms. The van der Waals surface area contributed by atoms with Gasteiger partial charge in [0.05, 0.1) is 0 Å². The molecule has 0 aliphatic heterocycles. The molecule has 0 heterocycles. The number of rotatable bonds is 14. The lowest BCUT2D eigenvalue weighted by atomic mass is 10.2. The Labute approximate surface area is 166 Å². The molecule has 0 N–H and O–H groups in total. The average molecular weight is 403 g/mol. The normalized spacial score (nSPS) is 14.0. The minimum Gasteiger partial charge on any atom is -0.545 e. The first-order valence-electron chi connectivity index (χ1n) is 10.5. The van der Waals surface area contributed by atoms with Crippen LogP contribution in [-0.2, 0) is 8.85 Å². The average Bonchev–Trinajstić information content (AvgIpc) is 2.52. The summed E-state index contributed by atoms with van der Waals surface area (Å²) in [7, 11) is -3.36. The van der Waals surface area contributed by atoms with Crippen molar-refractivity contribution in [2.45, 2.75) is 79.8 Å². The predicted octanol–water partition coefficient (Wildman–Crippen LogP) is 5.36. The van der Waals surface area contributed by atoms with Gasteiger partial charge < -0.3 is 18.7 Å². The maximum Gasteiger partial charge on any atom is 0.241 e. The van der Waals surface area contributed by atoms with Crippen LogP contribution in [0.1, 0.15) is 40.5 Å². The van der Waals surface area contributed by atoms with Gasteiger partial charge in [0, 0.05) is 25.9 Å². The van der Waals surface area contributed by atoms with E-state index in [1.807, 2.05) is 0 Å². The number of nitrogens with zero attached hydrogens (tertiary/aromatic N) is 2. The van der Waals surface area contributed by atoms with Crippen LogP contribution in [-0.4, -0.2) is 65.7 Å². The molecule has 156 valence electrons. The third kappa shape index (κ3) is 12.1. The predicted molar refractivity (Wildman–Crippen MR) is 121 cm³/mol. The Morgan fingerprint density at radius 3 is 1.04 bits per heavy atom. The Kier molecular flexibility index (Phi) is 12.1. The van der Waals surface area contributed by atoms with Crippen LogP contribution in [0.4, 0.5) is 0 Å². The minimum absolute atomic E-state index is 0.948. The van der Waals surface area contributed by atoms with Gasteiger partial charge in [-0.3, -0.25) is 0 Å². The molecule has 0 aliphatic rings. The minimum atomic E-state index is -1.68. The molecule has 0 aromatic rings. The molecule has 0 fully saturated rings. The summed E-state index contributed by atoms with van der Waals surface area (Å²) in [5.74, 6) is 2.23. The lowest BCUT2D eigenvalue weighted by Gasteiger charge is -2.31. The fourth-order valence-corrected chi connectivity index (χ4v) is 4.74. The van der Waals surface area contributed by atoms with Crippen molar-refractivity contribution in [1.82, 2.24) is 9.80 Å². The first-order chi connectivity index (χ1) is 12.0. The Bertz CT molecular complexity index is 369. The summed E-state index contributed by atoms with van der Waals surface area (Å²) in [5, 5.41) is 0. The zero-order valence-electron chi connectivity index (χ0n) is 19.4.